The zero-order chi connectivity index (χ0) is 20.4. The topological polar surface area (TPSA) is 105 Å². The third kappa shape index (κ3) is 6.89. The highest BCUT2D eigenvalue weighted by Gasteiger charge is 2.35. The highest BCUT2D eigenvalue weighted by molar-refractivity contribution is 9.09. The van der Waals surface area contributed by atoms with Crippen molar-refractivity contribution >= 4 is 15.9 Å². The van der Waals surface area contributed by atoms with Crippen LogP contribution in [0.4, 0.5) is 0 Å². The first-order chi connectivity index (χ1) is 13.6. The molecule has 3 N–H and O–H groups in total. The minimum absolute atomic E-state index is 0.166. The average molecular weight is 457 g/mol. The highest BCUT2D eigenvalue weighted by Crippen LogP contribution is 2.27. The Kier molecular flexibility index (Phi) is 9.99. The van der Waals surface area contributed by atoms with E-state index in [4.69, 9.17) is 4.74 Å². The van der Waals surface area contributed by atoms with Gasteiger partial charge in [0.15, 0.2) is 0 Å². The van der Waals surface area contributed by atoms with Crippen LogP contribution in [-0.4, -0.2) is 43.9 Å². The lowest BCUT2D eigenvalue weighted by molar-refractivity contribution is -0.0459. The van der Waals surface area contributed by atoms with E-state index in [-0.39, 0.29) is 18.6 Å². The van der Waals surface area contributed by atoms with Gasteiger partial charge in [0.25, 0.3) is 5.56 Å². The molecule has 1 aromatic rings. The Labute approximate surface area is 173 Å². The van der Waals surface area contributed by atoms with Gasteiger partial charge < -0.3 is 14.9 Å². The molecule has 1 aromatic heterocycles. The minimum Gasteiger partial charge on any atom is -0.394 e. The molecule has 7 nitrogen and oxygen atoms in total. The number of nitrogens with one attached hydrogen (secondary N) is 1. The number of aromatic amines is 1. The largest absolute Gasteiger partial charge is 0.394 e. The second kappa shape index (κ2) is 12.2. The summed E-state index contributed by atoms with van der Waals surface area (Å²) in [4.78, 5) is 26.3. The van der Waals surface area contributed by atoms with Crippen LogP contribution >= 0.6 is 15.9 Å². The SMILES string of the molecule is O=c1[nH]c(=O)n([C@H]2C[C@H](O)[C@@H](CO)O2)cc1C#CCCCCCCCCCBr. The molecule has 0 aromatic carbocycles. The molecule has 0 radical (unpaired) electrons. The molecule has 0 amide bonds. The van der Waals surface area contributed by atoms with Gasteiger partial charge in [-0.1, -0.05) is 59.9 Å². The van der Waals surface area contributed by atoms with Crippen molar-refractivity contribution < 1.29 is 14.9 Å². The van der Waals surface area contributed by atoms with Gasteiger partial charge in [0.05, 0.1) is 12.7 Å². The van der Waals surface area contributed by atoms with Gasteiger partial charge in [-0.3, -0.25) is 14.3 Å². The molecule has 0 bridgehead atoms. The van der Waals surface area contributed by atoms with E-state index < -0.39 is 29.7 Å². The zero-order valence-electron chi connectivity index (χ0n) is 16.0. The summed E-state index contributed by atoms with van der Waals surface area (Å²) in [6.07, 6.45) is 8.22. The van der Waals surface area contributed by atoms with E-state index in [1.54, 1.807) is 0 Å². The number of aromatic nitrogens is 2. The Hall–Kier alpha value is -1.40. The van der Waals surface area contributed by atoms with Crippen molar-refractivity contribution in [1.82, 2.24) is 9.55 Å². The minimum atomic E-state index is -0.858. The smallest absolute Gasteiger partial charge is 0.330 e. The van der Waals surface area contributed by atoms with Crippen LogP contribution in [0.1, 0.15) is 69.6 Å². The van der Waals surface area contributed by atoms with Gasteiger partial charge in [-0.25, -0.2) is 4.79 Å². The fourth-order valence-corrected chi connectivity index (χ4v) is 3.58. The van der Waals surface area contributed by atoms with Crippen LogP contribution < -0.4 is 11.2 Å². The van der Waals surface area contributed by atoms with Crippen molar-refractivity contribution in [3.63, 3.8) is 0 Å². The number of aliphatic hydroxyl groups excluding tert-OH is 2. The lowest BCUT2D eigenvalue weighted by Gasteiger charge is -2.14. The van der Waals surface area contributed by atoms with Crippen molar-refractivity contribution in [2.75, 3.05) is 11.9 Å². The molecule has 0 unspecified atom stereocenters. The predicted octanol–water partition coefficient (Wildman–Crippen LogP) is 2.04. The Bertz CT molecular complexity index is 779. The van der Waals surface area contributed by atoms with E-state index in [1.807, 2.05) is 0 Å². The quantitative estimate of drug-likeness (QED) is 0.284. The molecule has 1 aliphatic rings. The summed E-state index contributed by atoms with van der Waals surface area (Å²) in [5.41, 5.74) is -0.955. The number of halogens is 1. The van der Waals surface area contributed by atoms with E-state index in [0.29, 0.717) is 6.42 Å². The van der Waals surface area contributed by atoms with Crippen LogP contribution in [-0.2, 0) is 4.74 Å². The average Bonchev–Trinajstić information content (AvgIpc) is 3.05. The van der Waals surface area contributed by atoms with Crippen molar-refractivity contribution in [2.45, 2.75) is 76.2 Å². The molecule has 1 saturated heterocycles. The van der Waals surface area contributed by atoms with Crippen LogP contribution in [0.2, 0.25) is 0 Å². The van der Waals surface area contributed by atoms with Gasteiger partial charge >= 0.3 is 5.69 Å². The van der Waals surface area contributed by atoms with E-state index >= 15 is 0 Å². The molecule has 3 atom stereocenters. The first kappa shape index (κ1) is 22.9. The molecule has 8 heteroatoms. The van der Waals surface area contributed by atoms with Gasteiger partial charge in [-0.05, 0) is 12.8 Å². The van der Waals surface area contributed by atoms with Crippen LogP contribution in [0.3, 0.4) is 0 Å². The van der Waals surface area contributed by atoms with Gasteiger partial charge in [-0.2, -0.15) is 0 Å². The summed E-state index contributed by atoms with van der Waals surface area (Å²) in [5.74, 6) is 5.83. The summed E-state index contributed by atoms with van der Waals surface area (Å²) >= 11 is 3.43. The first-order valence-electron chi connectivity index (χ1n) is 9.91. The molecular weight excluding hydrogens is 428 g/mol. The van der Waals surface area contributed by atoms with Crippen LogP contribution in [0.25, 0.3) is 0 Å². The van der Waals surface area contributed by atoms with Crippen LogP contribution in [0.15, 0.2) is 15.8 Å². The number of rotatable bonds is 10. The standard InChI is InChI=1S/C20H29BrN2O5/c21-11-9-7-5-3-1-2-4-6-8-10-15-13-23(20(27)22-19(15)26)18-12-16(25)17(14-24)28-18/h13,16-18,24-25H,1-7,9,11-12,14H2,(H,22,26,27)/t16-,17+,18+/m0/s1. The van der Waals surface area contributed by atoms with Crippen LogP contribution in [0.5, 0.6) is 0 Å². The third-order valence-corrected chi connectivity index (χ3v) is 5.38. The van der Waals surface area contributed by atoms with Crippen LogP contribution in [0, 0.1) is 11.8 Å². The fraction of sp³-hybridized carbons (Fsp3) is 0.700. The monoisotopic (exact) mass is 456 g/mol. The van der Waals surface area contributed by atoms with Crippen molar-refractivity contribution in [1.29, 1.82) is 0 Å². The molecule has 0 saturated carbocycles. The predicted molar refractivity (Wildman–Crippen MR) is 111 cm³/mol. The number of unbranched alkanes of at least 4 members (excludes halogenated alkanes) is 7. The maximum Gasteiger partial charge on any atom is 0.330 e. The maximum absolute atomic E-state index is 12.1. The molecule has 1 aliphatic heterocycles. The number of hydrogen-bond donors (Lipinski definition) is 3. The third-order valence-electron chi connectivity index (χ3n) is 4.82. The van der Waals surface area contributed by atoms with E-state index in [9.17, 15) is 19.8 Å². The lowest BCUT2D eigenvalue weighted by Crippen LogP contribution is -2.33. The number of hydrogen-bond acceptors (Lipinski definition) is 5. The Morgan fingerprint density at radius 3 is 2.50 bits per heavy atom. The molecule has 0 aliphatic carbocycles. The molecule has 0 spiro atoms. The second-order valence-corrected chi connectivity index (χ2v) is 7.83. The van der Waals surface area contributed by atoms with Gasteiger partial charge in [-0.15, -0.1) is 0 Å². The van der Waals surface area contributed by atoms with Crippen molar-refractivity contribution in [3.05, 3.63) is 32.6 Å². The second-order valence-electron chi connectivity index (χ2n) is 7.04. The van der Waals surface area contributed by atoms with E-state index in [0.717, 1.165) is 18.2 Å². The lowest BCUT2D eigenvalue weighted by atomic mass is 10.1. The molecule has 28 heavy (non-hydrogen) atoms. The van der Waals surface area contributed by atoms with E-state index in [2.05, 4.69) is 32.8 Å². The van der Waals surface area contributed by atoms with Gasteiger partial charge in [0.1, 0.15) is 17.9 Å². The van der Waals surface area contributed by atoms with Gasteiger partial charge in [0.2, 0.25) is 0 Å². The fourth-order valence-electron chi connectivity index (χ4n) is 3.19. The number of ether oxygens (including phenoxy) is 1. The molecule has 1 fully saturated rings. The highest BCUT2D eigenvalue weighted by atomic mass is 79.9. The molecule has 2 heterocycles. The Morgan fingerprint density at radius 2 is 1.86 bits per heavy atom. The molecular formula is C20H29BrN2O5. The molecule has 2 rings (SSSR count). The number of nitrogens with zero attached hydrogens (tertiary/aromatic N) is 1. The summed E-state index contributed by atoms with van der Waals surface area (Å²) in [6, 6.07) is 0. The summed E-state index contributed by atoms with van der Waals surface area (Å²) in [6.45, 7) is -0.334. The van der Waals surface area contributed by atoms with Crippen molar-refractivity contribution in [2.24, 2.45) is 0 Å². The number of aliphatic hydroxyl groups is 2. The summed E-state index contributed by atoms with van der Waals surface area (Å²) < 4.78 is 6.70. The zero-order valence-corrected chi connectivity index (χ0v) is 17.6. The molecule has 156 valence electrons. The van der Waals surface area contributed by atoms with E-state index in [1.165, 1.54) is 42.9 Å². The normalized spacial score (nSPS) is 21.5. The van der Waals surface area contributed by atoms with Gasteiger partial charge in [0, 0.05) is 24.4 Å². The first-order valence-corrected chi connectivity index (χ1v) is 11.0. The maximum atomic E-state index is 12.1. The Balaban J connectivity index is 1.87. The van der Waals surface area contributed by atoms with Crippen molar-refractivity contribution in [3.8, 4) is 11.8 Å². The Morgan fingerprint density at radius 1 is 1.18 bits per heavy atom. The number of H-pyrrole nitrogens is 1. The summed E-state index contributed by atoms with van der Waals surface area (Å²) in [7, 11) is 0. The number of alkyl halides is 1. The summed E-state index contributed by atoms with van der Waals surface area (Å²) in [5, 5.41) is 20.1.